The van der Waals surface area contributed by atoms with E-state index in [1.165, 1.54) is 6.08 Å². The second-order valence-electron chi connectivity index (χ2n) is 8.84. The molecule has 0 heterocycles. The molecule has 2 aliphatic carbocycles. The molecule has 0 aromatic heterocycles. The summed E-state index contributed by atoms with van der Waals surface area (Å²) in [6.07, 6.45) is -5.41. The Morgan fingerprint density at radius 3 is 2.26 bits per heavy atom. The average molecular weight is 555 g/mol. The SMILES string of the molecule is O=C(O)CCCCCNC(=O)COC1=C=C=C2C(=O)/C(=C/c3cc(C(F)(F)F)cc(C(F)(F)F)c3)CCC2=C1. The first-order valence-corrected chi connectivity index (χ1v) is 11.9. The second kappa shape index (κ2) is 12.2. The molecule has 39 heavy (non-hydrogen) atoms. The molecule has 0 radical (unpaired) electrons. The number of Topliss-reactive ketones (excluding diaryl/α,β-unsaturated/α-hetero) is 1. The molecular formula is C27H23F6NO5. The van der Waals surface area contributed by atoms with Gasteiger partial charge in [0, 0.05) is 18.5 Å². The quantitative estimate of drug-likeness (QED) is 0.166. The van der Waals surface area contributed by atoms with Crippen LogP contribution in [-0.4, -0.2) is 35.9 Å². The van der Waals surface area contributed by atoms with Gasteiger partial charge in [-0.25, -0.2) is 0 Å². The van der Waals surface area contributed by atoms with Gasteiger partial charge in [-0.3, -0.25) is 14.4 Å². The van der Waals surface area contributed by atoms with Gasteiger partial charge in [0.1, 0.15) is 0 Å². The lowest BCUT2D eigenvalue weighted by atomic mass is 9.83. The van der Waals surface area contributed by atoms with E-state index in [4.69, 9.17) is 9.84 Å². The Kier molecular flexibility index (Phi) is 9.27. The molecule has 1 saturated carbocycles. The maximum Gasteiger partial charge on any atom is 0.416 e. The summed E-state index contributed by atoms with van der Waals surface area (Å²) in [5.41, 5.74) is 2.43. The van der Waals surface area contributed by atoms with Crippen molar-refractivity contribution in [1.82, 2.24) is 5.32 Å². The van der Waals surface area contributed by atoms with Crippen molar-refractivity contribution in [2.24, 2.45) is 0 Å². The zero-order valence-corrected chi connectivity index (χ0v) is 20.4. The van der Waals surface area contributed by atoms with Crippen molar-refractivity contribution < 1.29 is 50.6 Å². The lowest BCUT2D eigenvalue weighted by Crippen LogP contribution is -2.28. The Morgan fingerprint density at radius 1 is 0.974 bits per heavy atom. The highest BCUT2D eigenvalue weighted by Crippen LogP contribution is 2.38. The summed E-state index contributed by atoms with van der Waals surface area (Å²) in [5.74, 6) is -1.77. The van der Waals surface area contributed by atoms with Crippen LogP contribution in [0.1, 0.15) is 55.2 Å². The van der Waals surface area contributed by atoms with Gasteiger partial charge < -0.3 is 15.2 Å². The molecule has 0 aliphatic heterocycles. The third-order valence-corrected chi connectivity index (χ3v) is 5.82. The molecule has 6 nitrogen and oxygen atoms in total. The summed E-state index contributed by atoms with van der Waals surface area (Å²) in [6.45, 7) is 0.0102. The number of amides is 1. The van der Waals surface area contributed by atoms with Crippen molar-refractivity contribution in [2.75, 3.05) is 13.2 Å². The first kappa shape index (κ1) is 29.5. The van der Waals surface area contributed by atoms with E-state index in [2.05, 4.69) is 16.8 Å². The maximum atomic E-state index is 13.2. The van der Waals surface area contributed by atoms with Crippen LogP contribution in [0, 0.1) is 0 Å². The van der Waals surface area contributed by atoms with Gasteiger partial charge in [-0.1, -0.05) is 12.2 Å². The Bertz CT molecular complexity index is 1290. The average Bonchev–Trinajstić information content (AvgIpc) is 2.85. The summed E-state index contributed by atoms with van der Waals surface area (Å²) in [7, 11) is 0. The van der Waals surface area contributed by atoms with Gasteiger partial charge in [-0.2, -0.15) is 26.3 Å². The molecule has 2 aliphatic rings. The number of carboxylic acid groups (broad SMARTS) is 1. The van der Waals surface area contributed by atoms with E-state index in [0.29, 0.717) is 43.5 Å². The molecule has 1 aromatic rings. The number of fused-ring (bicyclic) bond motifs is 1. The standard InChI is InChI=1S/C27H23F6NO5/c28-26(29,30)19-11-16(12-20(14-19)27(31,32)33)10-18-6-5-17-13-21(7-8-22(17)25(18)38)39-15-23(35)34-9-3-1-2-4-24(36)37/h10-14H,1-6,9,15H2,(H,34,35)(H,36,37)/b18-10+. The summed E-state index contributed by atoms with van der Waals surface area (Å²) in [6, 6.07) is 1.13. The number of hydrogen-bond acceptors (Lipinski definition) is 4. The number of hydrogen-bond donors (Lipinski definition) is 2. The van der Waals surface area contributed by atoms with Crippen LogP contribution in [0.4, 0.5) is 26.3 Å². The molecule has 208 valence electrons. The van der Waals surface area contributed by atoms with E-state index in [9.17, 15) is 40.7 Å². The Labute approximate surface area is 219 Å². The highest BCUT2D eigenvalue weighted by atomic mass is 19.4. The minimum Gasteiger partial charge on any atom is -0.481 e. The normalized spacial score (nSPS) is 16.3. The van der Waals surface area contributed by atoms with Crippen LogP contribution in [0.25, 0.3) is 6.08 Å². The third kappa shape index (κ3) is 8.49. The molecule has 2 N–H and O–H groups in total. The number of carboxylic acids is 1. The summed E-state index contributed by atoms with van der Waals surface area (Å²) >= 11 is 0. The van der Waals surface area contributed by atoms with Crippen LogP contribution in [-0.2, 0) is 31.5 Å². The van der Waals surface area contributed by atoms with Gasteiger partial charge in [-0.15, -0.1) is 0 Å². The van der Waals surface area contributed by atoms with E-state index in [0.717, 1.165) is 6.08 Å². The molecule has 1 fully saturated rings. The number of ether oxygens (including phenoxy) is 1. The minimum absolute atomic E-state index is 0.0208. The number of aliphatic carboxylic acids is 1. The fraction of sp³-hybridized carbons (Fsp3) is 0.370. The fourth-order valence-electron chi connectivity index (χ4n) is 3.89. The number of allylic oxidation sites excluding steroid dienone is 4. The molecule has 1 aromatic carbocycles. The van der Waals surface area contributed by atoms with E-state index >= 15 is 0 Å². The van der Waals surface area contributed by atoms with Crippen molar-refractivity contribution >= 4 is 23.7 Å². The molecule has 1 amide bonds. The van der Waals surface area contributed by atoms with Gasteiger partial charge in [0.25, 0.3) is 5.91 Å². The largest absolute Gasteiger partial charge is 0.481 e. The number of carbonyl (C=O) groups is 3. The van der Waals surface area contributed by atoms with Gasteiger partial charge in [0.15, 0.2) is 18.1 Å². The zero-order chi connectivity index (χ0) is 28.8. The van der Waals surface area contributed by atoms with E-state index in [-0.39, 0.29) is 48.8 Å². The Hall–Kier alpha value is -4.01. The van der Waals surface area contributed by atoms with Crippen LogP contribution in [0.15, 0.2) is 58.2 Å². The first-order chi connectivity index (χ1) is 18.2. The number of halogens is 6. The molecule has 0 atom stereocenters. The highest BCUT2D eigenvalue weighted by Gasteiger charge is 2.37. The lowest BCUT2D eigenvalue weighted by Gasteiger charge is -2.20. The number of unbranched alkanes of at least 4 members (excludes halogenated alkanes) is 2. The monoisotopic (exact) mass is 555 g/mol. The van der Waals surface area contributed by atoms with Crippen molar-refractivity contribution in [2.45, 2.75) is 50.9 Å². The number of ketones is 1. The van der Waals surface area contributed by atoms with Gasteiger partial charge in [-0.05, 0) is 72.9 Å². The third-order valence-electron chi connectivity index (χ3n) is 5.82. The number of nitrogens with one attached hydrogen (secondary N) is 1. The fourth-order valence-corrected chi connectivity index (χ4v) is 3.89. The summed E-state index contributed by atoms with van der Waals surface area (Å²) < 4.78 is 84.3. The van der Waals surface area contributed by atoms with Gasteiger partial charge in [0.2, 0.25) is 0 Å². The predicted molar refractivity (Wildman–Crippen MR) is 126 cm³/mol. The van der Waals surface area contributed by atoms with Crippen LogP contribution in [0.2, 0.25) is 0 Å². The topological polar surface area (TPSA) is 92.7 Å². The predicted octanol–water partition coefficient (Wildman–Crippen LogP) is 5.75. The number of rotatable bonds is 10. The minimum atomic E-state index is -5.00. The molecule has 0 bridgehead atoms. The van der Waals surface area contributed by atoms with Crippen LogP contribution < -0.4 is 5.32 Å². The maximum absolute atomic E-state index is 13.2. The lowest BCUT2D eigenvalue weighted by molar-refractivity contribution is -0.143. The number of benzene rings is 1. The van der Waals surface area contributed by atoms with Gasteiger partial charge >= 0.3 is 18.3 Å². The second-order valence-corrected chi connectivity index (χ2v) is 8.84. The molecule has 0 saturated heterocycles. The van der Waals surface area contributed by atoms with Crippen molar-refractivity contribution in [3.8, 4) is 0 Å². The van der Waals surface area contributed by atoms with E-state index in [1.54, 1.807) is 0 Å². The van der Waals surface area contributed by atoms with Crippen LogP contribution >= 0.6 is 0 Å². The highest BCUT2D eigenvalue weighted by molar-refractivity contribution is 6.14. The van der Waals surface area contributed by atoms with Crippen LogP contribution in [0.3, 0.4) is 0 Å². The number of carbonyl (C=O) groups excluding carboxylic acids is 2. The number of alkyl halides is 6. The Morgan fingerprint density at radius 2 is 1.64 bits per heavy atom. The first-order valence-electron chi connectivity index (χ1n) is 11.9. The van der Waals surface area contributed by atoms with Crippen LogP contribution in [0.5, 0.6) is 0 Å². The summed E-state index contributed by atoms with van der Waals surface area (Å²) in [4.78, 5) is 35.3. The van der Waals surface area contributed by atoms with E-state index < -0.39 is 46.7 Å². The van der Waals surface area contributed by atoms with Gasteiger partial charge in [0.05, 0.1) is 16.7 Å². The van der Waals surface area contributed by atoms with Crippen molar-refractivity contribution in [1.29, 1.82) is 0 Å². The molecule has 3 rings (SSSR count). The van der Waals surface area contributed by atoms with E-state index in [1.807, 2.05) is 0 Å². The smallest absolute Gasteiger partial charge is 0.416 e. The Balaban J connectivity index is 1.68. The zero-order valence-electron chi connectivity index (χ0n) is 20.4. The molecule has 0 unspecified atom stereocenters. The summed E-state index contributed by atoms with van der Waals surface area (Å²) in [5, 5.41) is 11.2. The molecule has 0 spiro atoms. The van der Waals surface area contributed by atoms with Crippen molar-refractivity contribution in [3.63, 3.8) is 0 Å². The molecular weight excluding hydrogens is 532 g/mol. The molecule has 12 heteroatoms. The van der Waals surface area contributed by atoms with Crippen molar-refractivity contribution in [3.05, 3.63) is 74.9 Å².